The zero-order chi connectivity index (χ0) is 29.4. The molecule has 1 saturated heterocycles. The number of rotatable bonds is 12. The molecule has 0 radical (unpaired) electrons. The lowest BCUT2D eigenvalue weighted by Gasteiger charge is -2.66. The Kier molecular flexibility index (Phi) is 9.39. The molecular formula is C29H45B2FN2O6. The van der Waals surface area contributed by atoms with Crippen LogP contribution < -0.4 is 10.6 Å². The van der Waals surface area contributed by atoms with Crippen molar-refractivity contribution < 1.29 is 33.3 Å². The molecule has 4 N–H and O–H groups in total. The van der Waals surface area contributed by atoms with Gasteiger partial charge in [-0.3, -0.25) is 9.59 Å². The molecule has 2 bridgehead atoms. The molecule has 1 heterocycles. The molecule has 3 saturated carbocycles. The molecule has 4 aliphatic rings. The molecule has 1 aromatic rings. The van der Waals surface area contributed by atoms with Crippen molar-refractivity contribution in [2.45, 2.75) is 97.6 Å². The highest BCUT2D eigenvalue weighted by atomic mass is 19.1. The maximum atomic E-state index is 14.1. The fraction of sp³-hybridized carbons (Fsp3) is 0.724. The van der Waals surface area contributed by atoms with Gasteiger partial charge >= 0.3 is 14.2 Å². The van der Waals surface area contributed by atoms with Gasteiger partial charge in [-0.05, 0) is 87.1 Å². The number of aryl methyl sites for hydroxylation is 1. The minimum absolute atomic E-state index is 0.0541. The number of hydrogen-bond donors (Lipinski definition) is 4. The summed E-state index contributed by atoms with van der Waals surface area (Å²) in [5.74, 6) is -0.694. The van der Waals surface area contributed by atoms with E-state index in [-0.39, 0.29) is 41.4 Å². The van der Waals surface area contributed by atoms with Gasteiger partial charge in [-0.25, -0.2) is 4.39 Å². The van der Waals surface area contributed by atoms with E-state index in [4.69, 9.17) is 9.31 Å². The van der Waals surface area contributed by atoms with Gasteiger partial charge in [-0.2, -0.15) is 0 Å². The predicted octanol–water partition coefficient (Wildman–Crippen LogP) is 3.53. The summed E-state index contributed by atoms with van der Waals surface area (Å²) in [5, 5.41) is 24.2. The van der Waals surface area contributed by atoms with E-state index in [9.17, 15) is 24.0 Å². The first-order valence-electron chi connectivity index (χ1n) is 14.8. The van der Waals surface area contributed by atoms with Crippen molar-refractivity contribution >= 4 is 26.1 Å². The number of carbonyl (C=O) groups is 2. The molecule has 2 amide bonds. The highest BCUT2D eigenvalue weighted by Crippen LogP contribution is 2.67. The molecule has 8 nitrogen and oxygen atoms in total. The first-order chi connectivity index (χ1) is 18.7. The largest absolute Gasteiger partial charge is 0.481 e. The van der Waals surface area contributed by atoms with Gasteiger partial charge in [0.15, 0.2) is 0 Å². The molecule has 7 atom stereocenters. The Morgan fingerprint density at radius 3 is 2.62 bits per heavy atom. The van der Waals surface area contributed by atoms with Crippen LogP contribution in [-0.2, 0) is 14.1 Å². The summed E-state index contributed by atoms with van der Waals surface area (Å²) in [4.78, 5) is 25.4. The van der Waals surface area contributed by atoms with Gasteiger partial charge in [0.25, 0.3) is 5.91 Å². The van der Waals surface area contributed by atoms with E-state index < -0.39 is 37.5 Å². The third kappa shape index (κ3) is 6.42. The first-order valence-corrected chi connectivity index (χ1v) is 14.8. The van der Waals surface area contributed by atoms with Crippen molar-refractivity contribution in [3.63, 3.8) is 0 Å². The van der Waals surface area contributed by atoms with Crippen LogP contribution in [0.1, 0.15) is 82.6 Å². The summed E-state index contributed by atoms with van der Waals surface area (Å²) >= 11 is 0. The Labute approximate surface area is 238 Å². The molecule has 40 heavy (non-hydrogen) atoms. The highest BCUT2D eigenvalue weighted by molar-refractivity contribution is 6.48. The number of hydrogen-bond acceptors (Lipinski definition) is 6. The molecule has 1 aromatic carbocycles. The molecule has 11 heteroatoms. The quantitative estimate of drug-likeness (QED) is 0.292. The van der Waals surface area contributed by atoms with Crippen LogP contribution in [0, 0.1) is 41.8 Å². The van der Waals surface area contributed by atoms with Crippen molar-refractivity contribution in [1.82, 2.24) is 10.6 Å². The second-order valence-electron chi connectivity index (χ2n) is 13.4. The summed E-state index contributed by atoms with van der Waals surface area (Å²) in [6, 6.07) is 4.29. The number of nitrogens with one attached hydrogen (secondary N) is 2. The van der Waals surface area contributed by atoms with Crippen LogP contribution in [0.5, 0.6) is 0 Å². The van der Waals surface area contributed by atoms with Crippen LogP contribution in [0.4, 0.5) is 4.39 Å². The van der Waals surface area contributed by atoms with Crippen LogP contribution >= 0.6 is 0 Å². The average Bonchev–Trinajstić information content (AvgIpc) is 3.23. The molecule has 220 valence electrons. The van der Waals surface area contributed by atoms with Crippen LogP contribution in [-0.4, -0.2) is 60.3 Å². The Morgan fingerprint density at radius 2 is 1.95 bits per heavy atom. The summed E-state index contributed by atoms with van der Waals surface area (Å²) < 4.78 is 27.3. The molecule has 1 aliphatic heterocycles. The van der Waals surface area contributed by atoms with E-state index in [0.29, 0.717) is 24.6 Å². The maximum absolute atomic E-state index is 14.1. The average molecular weight is 558 g/mol. The second-order valence-corrected chi connectivity index (χ2v) is 13.4. The van der Waals surface area contributed by atoms with Gasteiger partial charge in [0.2, 0.25) is 5.91 Å². The van der Waals surface area contributed by atoms with Crippen LogP contribution in [0.2, 0.25) is 6.32 Å². The van der Waals surface area contributed by atoms with Gasteiger partial charge < -0.3 is 30.0 Å². The van der Waals surface area contributed by atoms with E-state index in [1.54, 1.807) is 13.0 Å². The fourth-order valence-electron chi connectivity index (χ4n) is 7.37. The van der Waals surface area contributed by atoms with E-state index in [1.165, 1.54) is 12.1 Å². The molecular weight excluding hydrogens is 513 g/mol. The van der Waals surface area contributed by atoms with E-state index in [1.807, 2.05) is 0 Å². The van der Waals surface area contributed by atoms with E-state index >= 15 is 0 Å². The highest BCUT2D eigenvalue weighted by Gasteiger charge is 2.69. The second kappa shape index (κ2) is 12.1. The van der Waals surface area contributed by atoms with Crippen LogP contribution in [0.3, 0.4) is 0 Å². The topological polar surface area (TPSA) is 117 Å². The van der Waals surface area contributed by atoms with Crippen molar-refractivity contribution in [3.8, 4) is 0 Å². The van der Waals surface area contributed by atoms with Gasteiger partial charge in [0, 0.05) is 0 Å². The van der Waals surface area contributed by atoms with Gasteiger partial charge in [-0.1, -0.05) is 45.7 Å². The Bertz CT molecular complexity index is 1090. The van der Waals surface area contributed by atoms with Gasteiger partial charge in [0.05, 0.1) is 29.8 Å². The van der Waals surface area contributed by atoms with Crippen molar-refractivity contribution in [2.75, 3.05) is 6.54 Å². The molecule has 2 unspecified atom stereocenters. The smallest absolute Gasteiger partial charge is 0.427 e. The third-order valence-electron chi connectivity index (χ3n) is 9.71. The minimum Gasteiger partial charge on any atom is -0.427 e. The molecule has 0 spiro atoms. The standard InChI is InChI=1S/C29H45B2FN2O6/c1-17(2)11-25(34-26(35)16-33-27(36)21-12-18(3)7-8-22(21)32)31-39-24-14-20-13-23(29(24,6)40-31)28(20,5)10-9-19(4)15-30(37)38/h7-8,12,17,19-20,23-25,37-38H,9-11,13-16H2,1-6H3,(H,33,36)(H,34,35)/t19?,20?,23-,24+,25-,28+,29-/m0/s1. The first kappa shape index (κ1) is 31.0. The Hall–Kier alpha value is -1.94. The van der Waals surface area contributed by atoms with Crippen molar-refractivity contribution in [1.29, 1.82) is 0 Å². The number of benzene rings is 1. The lowest BCUT2D eigenvalue weighted by molar-refractivity contribution is -0.211. The summed E-state index contributed by atoms with van der Waals surface area (Å²) in [7, 11) is -1.87. The summed E-state index contributed by atoms with van der Waals surface area (Å²) in [5.41, 5.74) is 0.302. The fourth-order valence-corrected chi connectivity index (χ4v) is 7.37. The maximum Gasteiger partial charge on any atom is 0.481 e. The summed E-state index contributed by atoms with van der Waals surface area (Å²) in [6.07, 6.45) is 4.88. The number of carbonyl (C=O) groups excluding carboxylic acids is 2. The van der Waals surface area contributed by atoms with E-state index in [2.05, 4.69) is 45.3 Å². The van der Waals surface area contributed by atoms with Gasteiger partial charge in [0.1, 0.15) is 5.82 Å². The normalized spacial score (nSPS) is 30.4. The summed E-state index contributed by atoms with van der Waals surface area (Å²) in [6.45, 7) is 12.2. The monoisotopic (exact) mass is 558 g/mol. The number of amides is 2. The molecule has 0 aromatic heterocycles. The predicted molar refractivity (Wildman–Crippen MR) is 153 cm³/mol. The molecule has 4 fully saturated rings. The minimum atomic E-state index is -1.27. The zero-order valence-electron chi connectivity index (χ0n) is 24.7. The Morgan fingerprint density at radius 1 is 1.23 bits per heavy atom. The van der Waals surface area contributed by atoms with Crippen molar-refractivity contribution in [2.24, 2.45) is 29.1 Å². The van der Waals surface area contributed by atoms with Crippen molar-refractivity contribution in [3.05, 3.63) is 35.1 Å². The zero-order valence-corrected chi connectivity index (χ0v) is 24.7. The Balaban J connectivity index is 1.38. The van der Waals surface area contributed by atoms with Crippen LogP contribution in [0.25, 0.3) is 0 Å². The third-order valence-corrected chi connectivity index (χ3v) is 9.71. The van der Waals surface area contributed by atoms with Gasteiger partial charge in [-0.15, -0.1) is 0 Å². The van der Waals surface area contributed by atoms with E-state index in [0.717, 1.165) is 31.2 Å². The molecule has 3 aliphatic carbocycles. The SMILES string of the molecule is Cc1ccc(F)c(C(=O)NCC(=O)N[C@@H](CC(C)C)B2O[C@@H]3CC4C[C@H]([C@]3(C)O2)[C@]4(C)CCC(C)CB(O)O)c1. The van der Waals surface area contributed by atoms with Crippen LogP contribution in [0.15, 0.2) is 18.2 Å². The molecule has 5 rings (SSSR count). The lowest BCUT2D eigenvalue weighted by Crippen LogP contribution is -2.66. The lowest BCUT2D eigenvalue weighted by atomic mass is 9.41. The number of halogens is 1.